The number of carbonyl (C=O) groups is 1. The summed E-state index contributed by atoms with van der Waals surface area (Å²) < 4.78 is 2.26. The van der Waals surface area contributed by atoms with Crippen LogP contribution in [0.3, 0.4) is 0 Å². The van der Waals surface area contributed by atoms with Gasteiger partial charge in [-0.15, -0.1) is 10.2 Å². The number of thioether (sulfide) groups is 1. The van der Waals surface area contributed by atoms with Crippen LogP contribution >= 0.6 is 11.8 Å². The molecule has 2 heterocycles. The van der Waals surface area contributed by atoms with Gasteiger partial charge < -0.3 is 9.88 Å². The van der Waals surface area contributed by atoms with E-state index in [2.05, 4.69) is 49.2 Å². The van der Waals surface area contributed by atoms with Gasteiger partial charge in [-0.2, -0.15) is 0 Å². The Morgan fingerprint density at radius 1 is 0.778 bits per heavy atom. The molecule has 36 heavy (non-hydrogen) atoms. The maximum absolute atomic E-state index is 12.5. The first-order valence-corrected chi connectivity index (χ1v) is 13.5. The third kappa shape index (κ3) is 6.42. The molecule has 184 valence electrons. The molecular formula is C29H31N5OS. The van der Waals surface area contributed by atoms with Gasteiger partial charge in [0.15, 0.2) is 5.16 Å². The van der Waals surface area contributed by atoms with E-state index in [1.807, 2.05) is 60.7 Å². The van der Waals surface area contributed by atoms with E-state index in [9.17, 15) is 4.79 Å². The summed E-state index contributed by atoms with van der Waals surface area (Å²) in [6.07, 6.45) is 3.84. The molecule has 1 aromatic heterocycles. The zero-order valence-electron chi connectivity index (χ0n) is 20.3. The number of aromatic nitrogens is 3. The summed E-state index contributed by atoms with van der Waals surface area (Å²) in [5, 5.41) is 13.0. The van der Waals surface area contributed by atoms with Crippen LogP contribution < -0.4 is 5.32 Å². The lowest BCUT2D eigenvalue weighted by Crippen LogP contribution is -2.30. The van der Waals surface area contributed by atoms with Crippen LogP contribution in [0.2, 0.25) is 0 Å². The molecule has 5 rings (SSSR count). The Kier molecular flexibility index (Phi) is 8.10. The third-order valence-electron chi connectivity index (χ3n) is 6.41. The molecular weight excluding hydrogens is 466 g/mol. The molecule has 0 radical (unpaired) electrons. The fraction of sp³-hybridized carbons (Fsp3) is 0.276. The third-order valence-corrected chi connectivity index (χ3v) is 7.44. The minimum absolute atomic E-state index is 0.106. The van der Waals surface area contributed by atoms with E-state index < -0.39 is 0 Å². The first kappa shape index (κ1) is 24.3. The molecule has 4 aromatic rings. The molecule has 0 saturated carbocycles. The Morgan fingerprint density at radius 2 is 1.47 bits per heavy atom. The summed E-state index contributed by atoms with van der Waals surface area (Å²) in [6, 6.07) is 27.8. The highest BCUT2D eigenvalue weighted by Gasteiger charge is 2.18. The van der Waals surface area contributed by atoms with Crippen LogP contribution in [0.15, 0.2) is 90.1 Å². The number of piperidine rings is 1. The van der Waals surface area contributed by atoms with E-state index in [1.165, 1.54) is 24.8 Å². The topological polar surface area (TPSA) is 63.1 Å². The number of nitrogens with zero attached hydrogens (tertiary/aromatic N) is 4. The van der Waals surface area contributed by atoms with Crippen LogP contribution in [0.5, 0.6) is 0 Å². The van der Waals surface area contributed by atoms with Crippen LogP contribution in [0, 0.1) is 0 Å². The van der Waals surface area contributed by atoms with E-state index in [0.717, 1.165) is 54.2 Å². The molecule has 1 saturated heterocycles. The lowest BCUT2D eigenvalue weighted by Gasteiger charge is -2.26. The van der Waals surface area contributed by atoms with Gasteiger partial charge in [-0.3, -0.25) is 9.69 Å². The highest BCUT2D eigenvalue weighted by atomic mass is 32.2. The van der Waals surface area contributed by atoms with E-state index in [1.54, 1.807) is 11.8 Å². The van der Waals surface area contributed by atoms with Crippen molar-refractivity contribution in [1.82, 2.24) is 19.7 Å². The zero-order valence-corrected chi connectivity index (χ0v) is 21.2. The molecule has 3 aromatic carbocycles. The van der Waals surface area contributed by atoms with Gasteiger partial charge in [0.05, 0.1) is 13.1 Å². The first-order chi connectivity index (χ1) is 17.7. The Morgan fingerprint density at radius 3 is 2.19 bits per heavy atom. The van der Waals surface area contributed by atoms with Gasteiger partial charge in [-0.25, -0.2) is 0 Å². The first-order valence-electron chi connectivity index (χ1n) is 12.5. The zero-order chi connectivity index (χ0) is 24.6. The summed E-state index contributed by atoms with van der Waals surface area (Å²) in [5.74, 6) is 1.68. The van der Waals surface area contributed by atoms with Gasteiger partial charge in [0.25, 0.3) is 5.91 Å². The van der Waals surface area contributed by atoms with E-state index in [4.69, 9.17) is 0 Å². The largest absolute Gasteiger partial charge is 0.322 e. The molecule has 1 aliphatic heterocycles. The number of hydrogen-bond acceptors (Lipinski definition) is 5. The Hall–Kier alpha value is -3.42. The fourth-order valence-corrected chi connectivity index (χ4v) is 5.32. The number of likely N-dealkylation sites (tertiary alicyclic amines) is 1. The maximum atomic E-state index is 12.5. The lowest BCUT2D eigenvalue weighted by atomic mass is 10.1. The summed E-state index contributed by atoms with van der Waals surface area (Å²) in [7, 11) is 0. The highest BCUT2D eigenvalue weighted by Crippen LogP contribution is 2.24. The smallest absolute Gasteiger partial charge is 0.255 e. The van der Waals surface area contributed by atoms with Crippen molar-refractivity contribution in [1.29, 1.82) is 0 Å². The summed E-state index contributed by atoms with van der Waals surface area (Å²) >= 11 is 1.69. The molecule has 1 amide bonds. The molecule has 1 fully saturated rings. The lowest BCUT2D eigenvalue weighted by molar-refractivity contribution is 0.102. The van der Waals surface area contributed by atoms with Crippen molar-refractivity contribution in [2.24, 2.45) is 0 Å². The van der Waals surface area contributed by atoms with Crippen molar-refractivity contribution in [3.8, 4) is 0 Å². The Balaban J connectivity index is 1.26. The number of amides is 1. The van der Waals surface area contributed by atoms with E-state index in [-0.39, 0.29) is 5.91 Å². The van der Waals surface area contributed by atoms with Gasteiger partial charge in [0.2, 0.25) is 0 Å². The molecule has 0 atom stereocenters. The monoisotopic (exact) mass is 497 g/mol. The van der Waals surface area contributed by atoms with Crippen molar-refractivity contribution in [2.45, 2.75) is 43.3 Å². The second kappa shape index (κ2) is 12.0. The fourth-order valence-electron chi connectivity index (χ4n) is 4.41. The van der Waals surface area contributed by atoms with E-state index >= 15 is 0 Å². The van der Waals surface area contributed by atoms with Gasteiger partial charge in [-0.1, -0.05) is 78.8 Å². The molecule has 0 unspecified atom stereocenters. The van der Waals surface area contributed by atoms with Crippen LogP contribution in [0.25, 0.3) is 0 Å². The molecule has 6 nitrogen and oxygen atoms in total. The minimum Gasteiger partial charge on any atom is -0.322 e. The molecule has 7 heteroatoms. The summed E-state index contributed by atoms with van der Waals surface area (Å²) in [6.45, 7) is 3.86. The minimum atomic E-state index is -0.106. The van der Waals surface area contributed by atoms with Crippen LogP contribution in [0.1, 0.15) is 46.6 Å². The van der Waals surface area contributed by atoms with Crippen molar-refractivity contribution < 1.29 is 4.79 Å². The molecule has 1 N–H and O–H groups in total. The number of rotatable bonds is 9. The Bertz CT molecular complexity index is 1250. The predicted octanol–water partition coefficient (Wildman–Crippen LogP) is 5.86. The predicted molar refractivity (Wildman–Crippen MR) is 145 cm³/mol. The van der Waals surface area contributed by atoms with Crippen molar-refractivity contribution >= 4 is 23.4 Å². The summed E-state index contributed by atoms with van der Waals surface area (Å²) in [4.78, 5) is 15.0. The number of para-hydroxylation sites is 1. The molecule has 1 aliphatic rings. The van der Waals surface area contributed by atoms with Crippen LogP contribution in [-0.2, 0) is 18.8 Å². The van der Waals surface area contributed by atoms with Crippen LogP contribution in [0.4, 0.5) is 5.69 Å². The average molecular weight is 498 g/mol. The number of carbonyl (C=O) groups excluding carboxylic acids is 1. The highest BCUT2D eigenvalue weighted by molar-refractivity contribution is 7.98. The van der Waals surface area contributed by atoms with Crippen molar-refractivity contribution in [2.75, 3.05) is 18.4 Å². The SMILES string of the molecule is O=C(Nc1ccccc1)c1ccc(CSc2nnc(CN3CCCCC3)n2Cc2ccccc2)cc1. The van der Waals surface area contributed by atoms with Gasteiger partial charge in [-0.05, 0) is 61.3 Å². The van der Waals surface area contributed by atoms with Gasteiger partial charge >= 0.3 is 0 Å². The average Bonchev–Trinajstić information content (AvgIpc) is 3.30. The van der Waals surface area contributed by atoms with E-state index in [0.29, 0.717) is 5.56 Å². The standard InChI is InChI=1S/C29H31N5OS/c35-28(30-26-12-6-2-7-13-26)25-16-14-24(15-17-25)22-36-29-32-31-27(21-33-18-8-3-9-19-33)34(29)20-23-10-4-1-5-11-23/h1-2,4-7,10-17H,3,8-9,18-22H2,(H,30,35). The number of anilines is 1. The number of nitrogens with one attached hydrogen (secondary N) is 1. The van der Waals surface area contributed by atoms with Crippen molar-refractivity contribution in [3.63, 3.8) is 0 Å². The van der Waals surface area contributed by atoms with Crippen LogP contribution in [-0.4, -0.2) is 38.7 Å². The number of benzene rings is 3. The van der Waals surface area contributed by atoms with Gasteiger partial charge in [0.1, 0.15) is 5.82 Å². The quantitative estimate of drug-likeness (QED) is 0.294. The molecule has 0 spiro atoms. The molecule has 0 bridgehead atoms. The summed E-state index contributed by atoms with van der Waals surface area (Å²) in [5.41, 5.74) is 3.82. The second-order valence-corrected chi connectivity index (χ2v) is 10.1. The number of hydrogen-bond donors (Lipinski definition) is 1. The maximum Gasteiger partial charge on any atom is 0.255 e. The second-order valence-electron chi connectivity index (χ2n) is 9.11. The van der Waals surface area contributed by atoms with Crippen molar-refractivity contribution in [3.05, 3.63) is 107 Å². The molecule has 0 aliphatic carbocycles. The Labute approximate surface area is 216 Å². The normalized spacial score (nSPS) is 14.0. The van der Waals surface area contributed by atoms with Gasteiger partial charge in [0, 0.05) is 17.0 Å².